The summed E-state index contributed by atoms with van der Waals surface area (Å²) in [5.74, 6) is 0.268. The third-order valence-electron chi connectivity index (χ3n) is 4.65. The van der Waals surface area contributed by atoms with E-state index >= 15 is 0 Å². The molecule has 5 nitrogen and oxygen atoms in total. The van der Waals surface area contributed by atoms with E-state index in [1.807, 2.05) is 42.2 Å². The number of nitrogens with zero attached hydrogens (tertiary/aromatic N) is 2. The summed E-state index contributed by atoms with van der Waals surface area (Å²) in [6.45, 7) is 3.74. The minimum Gasteiger partial charge on any atom is -0.343 e. The largest absolute Gasteiger partial charge is 0.343 e. The Labute approximate surface area is 124 Å². The number of piperidine rings is 1. The molecule has 0 radical (unpaired) electrons. The molecule has 2 aliphatic rings. The zero-order valence-corrected chi connectivity index (χ0v) is 12.3. The van der Waals surface area contributed by atoms with Gasteiger partial charge in [-0.2, -0.15) is 0 Å². The molecule has 2 saturated heterocycles. The van der Waals surface area contributed by atoms with Gasteiger partial charge >= 0.3 is 0 Å². The molecule has 0 saturated carbocycles. The fourth-order valence-electron chi connectivity index (χ4n) is 3.38. The highest BCUT2D eigenvalue weighted by Crippen LogP contribution is 2.36. The molecule has 112 valence electrons. The van der Waals surface area contributed by atoms with Crippen molar-refractivity contribution in [3.05, 3.63) is 30.3 Å². The molecule has 0 aromatic heterocycles. The van der Waals surface area contributed by atoms with E-state index in [2.05, 4.69) is 10.2 Å². The van der Waals surface area contributed by atoms with E-state index in [1.165, 1.54) is 0 Å². The van der Waals surface area contributed by atoms with Gasteiger partial charge in [-0.15, -0.1) is 0 Å². The summed E-state index contributed by atoms with van der Waals surface area (Å²) in [5, 5.41) is 2.97. The number of anilines is 1. The smallest absolute Gasteiger partial charge is 0.247 e. The highest BCUT2D eigenvalue weighted by molar-refractivity contribution is 5.93. The van der Waals surface area contributed by atoms with Crippen LogP contribution in [-0.4, -0.2) is 42.0 Å². The molecule has 1 N–H and O–H groups in total. The van der Waals surface area contributed by atoms with Gasteiger partial charge in [0, 0.05) is 25.2 Å². The highest BCUT2D eigenvalue weighted by atomic mass is 16.2. The van der Waals surface area contributed by atoms with Crippen molar-refractivity contribution >= 4 is 17.5 Å². The van der Waals surface area contributed by atoms with E-state index in [9.17, 15) is 9.59 Å². The number of rotatable bonds is 2. The van der Waals surface area contributed by atoms with Crippen LogP contribution in [0.2, 0.25) is 0 Å². The van der Waals surface area contributed by atoms with E-state index < -0.39 is 5.54 Å². The fraction of sp³-hybridized carbons (Fsp3) is 0.500. The van der Waals surface area contributed by atoms with Crippen LogP contribution in [0, 0.1) is 0 Å². The monoisotopic (exact) mass is 287 g/mol. The van der Waals surface area contributed by atoms with Crippen LogP contribution in [0.1, 0.15) is 26.2 Å². The van der Waals surface area contributed by atoms with Gasteiger partial charge in [-0.1, -0.05) is 25.1 Å². The Balaban J connectivity index is 1.82. The number of carbonyl (C=O) groups excluding carboxylic acids is 2. The first kappa shape index (κ1) is 13.9. The Morgan fingerprint density at radius 2 is 1.90 bits per heavy atom. The predicted molar refractivity (Wildman–Crippen MR) is 80.8 cm³/mol. The van der Waals surface area contributed by atoms with Crippen LogP contribution < -0.4 is 10.2 Å². The van der Waals surface area contributed by atoms with Gasteiger partial charge in [-0.25, -0.2) is 0 Å². The van der Waals surface area contributed by atoms with Gasteiger partial charge in [0.25, 0.3) is 0 Å². The third-order valence-corrected chi connectivity index (χ3v) is 4.65. The number of hydrogen-bond acceptors (Lipinski definition) is 3. The van der Waals surface area contributed by atoms with Crippen molar-refractivity contribution in [2.24, 2.45) is 0 Å². The molecule has 2 fully saturated rings. The Bertz CT molecular complexity index is 536. The lowest BCUT2D eigenvalue weighted by Crippen LogP contribution is -2.57. The van der Waals surface area contributed by atoms with E-state index in [0.29, 0.717) is 39.0 Å². The number of hydrogen-bond donors (Lipinski definition) is 1. The molecular formula is C16H21N3O2. The summed E-state index contributed by atoms with van der Waals surface area (Å²) < 4.78 is 0. The molecule has 2 amide bonds. The molecule has 0 bridgehead atoms. The lowest BCUT2D eigenvalue weighted by Gasteiger charge is -2.43. The number of amides is 2. The van der Waals surface area contributed by atoms with Gasteiger partial charge in [0.1, 0.15) is 5.54 Å². The predicted octanol–water partition coefficient (Wildman–Crippen LogP) is 1.35. The molecular weight excluding hydrogens is 266 g/mol. The van der Waals surface area contributed by atoms with Gasteiger partial charge in [-0.3, -0.25) is 9.59 Å². The summed E-state index contributed by atoms with van der Waals surface area (Å²) >= 11 is 0. The number of nitrogens with one attached hydrogen (secondary N) is 1. The quantitative estimate of drug-likeness (QED) is 0.893. The first-order valence-corrected chi connectivity index (χ1v) is 7.56. The van der Waals surface area contributed by atoms with Gasteiger partial charge in [0.05, 0.1) is 6.67 Å². The number of likely N-dealkylation sites (tertiary alicyclic amines) is 1. The van der Waals surface area contributed by atoms with Crippen LogP contribution in [-0.2, 0) is 9.59 Å². The molecule has 0 atom stereocenters. The van der Waals surface area contributed by atoms with Gasteiger partial charge in [0.2, 0.25) is 11.8 Å². The van der Waals surface area contributed by atoms with Crippen LogP contribution in [0.4, 0.5) is 5.69 Å². The Morgan fingerprint density at radius 1 is 1.24 bits per heavy atom. The van der Waals surface area contributed by atoms with Crippen LogP contribution in [0.15, 0.2) is 30.3 Å². The Morgan fingerprint density at radius 3 is 2.52 bits per heavy atom. The van der Waals surface area contributed by atoms with Crippen molar-refractivity contribution in [2.45, 2.75) is 31.7 Å². The van der Waals surface area contributed by atoms with Crippen LogP contribution in [0.3, 0.4) is 0 Å². The minimum absolute atomic E-state index is 0.0925. The second-order valence-electron chi connectivity index (χ2n) is 5.69. The zero-order valence-electron chi connectivity index (χ0n) is 12.3. The van der Waals surface area contributed by atoms with E-state index in [1.54, 1.807) is 0 Å². The molecule has 1 aromatic carbocycles. The van der Waals surface area contributed by atoms with Crippen LogP contribution in [0.25, 0.3) is 0 Å². The third kappa shape index (κ3) is 2.26. The molecule has 0 unspecified atom stereocenters. The first-order chi connectivity index (χ1) is 10.2. The molecule has 1 aromatic rings. The average molecular weight is 287 g/mol. The molecule has 21 heavy (non-hydrogen) atoms. The van der Waals surface area contributed by atoms with Gasteiger partial charge < -0.3 is 15.1 Å². The lowest BCUT2D eigenvalue weighted by atomic mass is 9.85. The van der Waals surface area contributed by atoms with Gasteiger partial charge in [0.15, 0.2) is 0 Å². The summed E-state index contributed by atoms with van der Waals surface area (Å²) in [6.07, 6.45) is 1.92. The second-order valence-corrected chi connectivity index (χ2v) is 5.69. The van der Waals surface area contributed by atoms with Crippen molar-refractivity contribution in [3.8, 4) is 0 Å². The Kier molecular flexibility index (Phi) is 3.57. The van der Waals surface area contributed by atoms with E-state index in [0.717, 1.165) is 5.69 Å². The number of benzene rings is 1. The standard InChI is InChI=1S/C16H21N3O2/c1-2-14(20)18-10-8-16(9-11-18)15(21)17-12-19(16)13-6-4-3-5-7-13/h3-7H,2,8-12H2,1H3,(H,17,21). The molecule has 1 spiro atoms. The summed E-state index contributed by atoms with van der Waals surface area (Å²) in [5.41, 5.74) is 0.567. The van der Waals surface area contributed by atoms with E-state index in [-0.39, 0.29) is 11.8 Å². The molecule has 0 aliphatic carbocycles. The maximum atomic E-state index is 12.4. The highest BCUT2D eigenvalue weighted by Gasteiger charge is 2.50. The normalized spacial score (nSPS) is 20.7. The minimum atomic E-state index is -0.494. The molecule has 5 heteroatoms. The Hall–Kier alpha value is -2.04. The van der Waals surface area contributed by atoms with Crippen molar-refractivity contribution in [1.29, 1.82) is 0 Å². The molecule has 2 aliphatic heterocycles. The number of para-hydroxylation sites is 1. The van der Waals surface area contributed by atoms with Crippen molar-refractivity contribution in [2.75, 3.05) is 24.7 Å². The topological polar surface area (TPSA) is 52.7 Å². The van der Waals surface area contributed by atoms with Crippen molar-refractivity contribution in [1.82, 2.24) is 10.2 Å². The van der Waals surface area contributed by atoms with Crippen molar-refractivity contribution < 1.29 is 9.59 Å². The number of carbonyl (C=O) groups is 2. The molecule has 2 heterocycles. The second kappa shape index (κ2) is 5.39. The van der Waals surface area contributed by atoms with Crippen molar-refractivity contribution in [3.63, 3.8) is 0 Å². The zero-order chi connectivity index (χ0) is 14.9. The maximum Gasteiger partial charge on any atom is 0.247 e. The fourth-order valence-corrected chi connectivity index (χ4v) is 3.38. The average Bonchev–Trinajstić information content (AvgIpc) is 2.85. The summed E-state index contributed by atoms with van der Waals surface area (Å²) in [7, 11) is 0. The van der Waals surface area contributed by atoms with E-state index in [4.69, 9.17) is 0 Å². The SMILES string of the molecule is CCC(=O)N1CCC2(CC1)C(=O)NCN2c1ccccc1. The van der Waals surface area contributed by atoms with Crippen LogP contribution in [0.5, 0.6) is 0 Å². The first-order valence-electron chi connectivity index (χ1n) is 7.56. The summed E-state index contributed by atoms with van der Waals surface area (Å²) in [6, 6.07) is 10.0. The van der Waals surface area contributed by atoms with Crippen LogP contribution >= 0.6 is 0 Å². The maximum absolute atomic E-state index is 12.4. The van der Waals surface area contributed by atoms with Gasteiger partial charge in [-0.05, 0) is 25.0 Å². The molecule has 3 rings (SSSR count). The summed E-state index contributed by atoms with van der Waals surface area (Å²) in [4.78, 5) is 28.3. The lowest BCUT2D eigenvalue weighted by molar-refractivity contribution is -0.135.